The molecule has 0 unspecified atom stereocenters. The Hall–Kier alpha value is -1.26. The first-order valence-electron chi connectivity index (χ1n) is 5.81. The molecule has 98 valence electrons. The van der Waals surface area contributed by atoms with Gasteiger partial charge in [-0.25, -0.2) is 0 Å². The lowest BCUT2D eigenvalue weighted by atomic mass is 10.1. The molecule has 0 saturated heterocycles. The molecule has 2 nitrogen and oxygen atoms in total. The lowest BCUT2D eigenvalue weighted by Gasteiger charge is -2.07. The summed E-state index contributed by atoms with van der Waals surface area (Å²) in [5.41, 5.74) is 2.57. The number of aryl methyl sites for hydroxylation is 1. The number of amides is 1. The van der Waals surface area contributed by atoms with Crippen molar-refractivity contribution in [2.24, 2.45) is 0 Å². The SMILES string of the molecule is CSc1cccc(NC(=O)c2ccc(C)c(Br)c2)c1. The zero-order chi connectivity index (χ0) is 13.8. The molecular weight excluding hydrogens is 322 g/mol. The Balaban J connectivity index is 2.18. The summed E-state index contributed by atoms with van der Waals surface area (Å²) in [4.78, 5) is 13.3. The van der Waals surface area contributed by atoms with E-state index in [1.165, 1.54) is 0 Å². The highest BCUT2D eigenvalue weighted by molar-refractivity contribution is 9.10. The molecule has 0 radical (unpaired) electrons. The van der Waals surface area contributed by atoms with Gasteiger partial charge in [0.25, 0.3) is 5.91 Å². The smallest absolute Gasteiger partial charge is 0.255 e. The van der Waals surface area contributed by atoms with E-state index in [0.29, 0.717) is 5.56 Å². The maximum atomic E-state index is 12.1. The third-order valence-electron chi connectivity index (χ3n) is 2.76. The van der Waals surface area contributed by atoms with Crippen LogP contribution in [-0.2, 0) is 0 Å². The number of nitrogens with one attached hydrogen (secondary N) is 1. The minimum Gasteiger partial charge on any atom is -0.322 e. The fourth-order valence-electron chi connectivity index (χ4n) is 1.64. The van der Waals surface area contributed by atoms with E-state index in [1.54, 1.807) is 11.8 Å². The van der Waals surface area contributed by atoms with Crippen molar-refractivity contribution in [3.05, 3.63) is 58.1 Å². The molecule has 2 aromatic carbocycles. The first kappa shape index (κ1) is 14.2. The van der Waals surface area contributed by atoms with E-state index in [4.69, 9.17) is 0 Å². The highest BCUT2D eigenvalue weighted by atomic mass is 79.9. The average Bonchev–Trinajstić information content (AvgIpc) is 2.42. The van der Waals surface area contributed by atoms with Crippen LogP contribution >= 0.6 is 27.7 Å². The van der Waals surface area contributed by atoms with Crippen molar-refractivity contribution >= 4 is 39.3 Å². The number of hydrogen-bond donors (Lipinski definition) is 1. The van der Waals surface area contributed by atoms with Crippen molar-refractivity contribution in [1.82, 2.24) is 0 Å². The molecule has 19 heavy (non-hydrogen) atoms. The van der Waals surface area contributed by atoms with Gasteiger partial charge in [-0.3, -0.25) is 4.79 Å². The third kappa shape index (κ3) is 3.61. The lowest BCUT2D eigenvalue weighted by molar-refractivity contribution is 0.102. The molecule has 0 spiro atoms. The molecule has 0 bridgehead atoms. The monoisotopic (exact) mass is 335 g/mol. The van der Waals surface area contributed by atoms with Gasteiger partial charge in [0, 0.05) is 20.6 Å². The first-order chi connectivity index (χ1) is 9.10. The minimum absolute atomic E-state index is 0.0982. The van der Waals surface area contributed by atoms with Crippen LogP contribution < -0.4 is 5.32 Å². The summed E-state index contributed by atoms with van der Waals surface area (Å²) in [6.07, 6.45) is 2.01. The summed E-state index contributed by atoms with van der Waals surface area (Å²) in [5.74, 6) is -0.0982. The van der Waals surface area contributed by atoms with E-state index in [2.05, 4.69) is 21.2 Å². The van der Waals surface area contributed by atoms with Crippen LogP contribution in [0.5, 0.6) is 0 Å². The zero-order valence-electron chi connectivity index (χ0n) is 10.7. The van der Waals surface area contributed by atoms with E-state index < -0.39 is 0 Å². The summed E-state index contributed by atoms with van der Waals surface area (Å²) < 4.78 is 0.943. The molecule has 2 aromatic rings. The number of anilines is 1. The van der Waals surface area contributed by atoms with Crippen molar-refractivity contribution in [2.75, 3.05) is 11.6 Å². The summed E-state index contributed by atoms with van der Waals surface area (Å²) in [6.45, 7) is 1.99. The number of benzene rings is 2. The van der Waals surface area contributed by atoms with Crippen LogP contribution in [0.3, 0.4) is 0 Å². The van der Waals surface area contributed by atoms with Crippen molar-refractivity contribution in [3.63, 3.8) is 0 Å². The highest BCUT2D eigenvalue weighted by Gasteiger charge is 2.07. The molecule has 0 aliphatic carbocycles. The van der Waals surface area contributed by atoms with Crippen LogP contribution in [0.15, 0.2) is 51.8 Å². The second-order valence-electron chi connectivity index (χ2n) is 4.15. The fourth-order valence-corrected chi connectivity index (χ4v) is 2.48. The Morgan fingerprint density at radius 3 is 2.68 bits per heavy atom. The van der Waals surface area contributed by atoms with Crippen LogP contribution in [-0.4, -0.2) is 12.2 Å². The van der Waals surface area contributed by atoms with Gasteiger partial charge in [-0.1, -0.05) is 28.1 Å². The van der Waals surface area contributed by atoms with Crippen LogP contribution in [0.25, 0.3) is 0 Å². The topological polar surface area (TPSA) is 29.1 Å². The molecule has 2 rings (SSSR count). The molecule has 1 amide bonds. The van der Waals surface area contributed by atoms with Crippen LogP contribution in [0, 0.1) is 6.92 Å². The number of rotatable bonds is 3. The normalized spacial score (nSPS) is 10.3. The quantitative estimate of drug-likeness (QED) is 0.821. The fraction of sp³-hybridized carbons (Fsp3) is 0.133. The van der Waals surface area contributed by atoms with E-state index in [-0.39, 0.29) is 5.91 Å². The molecule has 0 saturated carbocycles. The maximum absolute atomic E-state index is 12.1. The van der Waals surface area contributed by atoms with Crippen molar-refractivity contribution in [3.8, 4) is 0 Å². The number of carbonyl (C=O) groups excluding carboxylic acids is 1. The third-order valence-corrected chi connectivity index (χ3v) is 4.34. The summed E-state index contributed by atoms with van der Waals surface area (Å²) in [5, 5.41) is 2.91. The largest absolute Gasteiger partial charge is 0.322 e. The first-order valence-corrected chi connectivity index (χ1v) is 7.83. The van der Waals surface area contributed by atoms with E-state index >= 15 is 0 Å². The van der Waals surface area contributed by atoms with Gasteiger partial charge < -0.3 is 5.32 Å². The van der Waals surface area contributed by atoms with Crippen molar-refractivity contribution in [2.45, 2.75) is 11.8 Å². The van der Waals surface area contributed by atoms with E-state index in [0.717, 1.165) is 20.6 Å². The van der Waals surface area contributed by atoms with Gasteiger partial charge in [0.15, 0.2) is 0 Å². The highest BCUT2D eigenvalue weighted by Crippen LogP contribution is 2.21. The molecule has 1 N–H and O–H groups in total. The predicted molar refractivity (Wildman–Crippen MR) is 85.1 cm³/mol. The molecule has 0 heterocycles. The Bertz CT molecular complexity index is 613. The second kappa shape index (κ2) is 6.26. The van der Waals surface area contributed by atoms with E-state index in [9.17, 15) is 4.79 Å². The summed E-state index contributed by atoms with van der Waals surface area (Å²) in [6, 6.07) is 13.4. The molecule has 0 aliphatic rings. The molecular formula is C15H14BrNOS. The second-order valence-corrected chi connectivity index (χ2v) is 5.88. The molecule has 0 aromatic heterocycles. The average molecular weight is 336 g/mol. The van der Waals surface area contributed by atoms with Gasteiger partial charge in [-0.05, 0) is 49.1 Å². The van der Waals surface area contributed by atoms with Gasteiger partial charge in [-0.2, -0.15) is 0 Å². The minimum atomic E-state index is -0.0982. The Morgan fingerprint density at radius 1 is 1.21 bits per heavy atom. The Labute approximate surface area is 125 Å². The molecule has 0 aliphatic heterocycles. The number of halogens is 1. The van der Waals surface area contributed by atoms with Crippen LogP contribution in [0.2, 0.25) is 0 Å². The number of thioether (sulfide) groups is 1. The van der Waals surface area contributed by atoms with Gasteiger partial charge in [-0.15, -0.1) is 11.8 Å². The number of hydrogen-bond acceptors (Lipinski definition) is 2. The summed E-state index contributed by atoms with van der Waals surface area (Å²) >= 11 is 5.09. The molecule has 0 fully saturated rings. The molecule has 0 atom stereocenters. The van der Waals surface area contributed by atoms with Crippen LogP contribution in [0.4, 0.5) is 5.69 Å². The van der Waals surface area contributed by atoms with Gasteiger partial charge >= 0.3 is 0 Å². The zero-order valence-corrected chi connectivity index (χ0v) is 13.1. The number of carbonyl (C=O) groups is 1. The van der Waals surface area contributed by atoms with Crippen molar-refractivity contribution in [1.29, 1.82) is 0 Å². The van der Waals surface area contributed by atoms with Crippen molar-refractivity contribution < 1.29 is 4.79 Å². The summed E-state index contributed by atoms with van der Waals surface area (Å²) in [7, 11) is 0. The van der Waals surface area contributed by atoms with Crippen LogP contribution in [0.1, 0.15) is 15.9 Å². The molecule has 4 heteroatoms. The maximum Gasteiger partial charge on any atom is 0.255 e. The Morgan fingerprint density at radius 2 is 2.00 bits per heavy atom. The van der Waals surface area contributed by atoms with Gasteiger partial charge in [0.1, 0.15) is 0 Å². The van der Waals surface area contributed by atoms with Gasteiger partial charge in [0.05, 0.1) is 0 Å². The predicted octanol–water partition coefficient (Wildman–Crippen LogP) is 4.73. The van der Waals surface area contributed by atoms with E-state index in [1.807, 2.05) is 55.6 Å². The standard InChI is InChI=1S/C15H14BrNOS/c1-10-6-7-11(8-14(10)16)15(18)17-12-4-3-5-13(9-12)19-2/h3-9H,1-2H3,(H,17,18). The Kier molecular flexibility index (Phi) is 4.66. The lowest BCUT2D eigenvalue weighted by Crippen LogP contribution is -2.11. The van der Waals surface area contributed by atoms with Gasteiger partial charge in [0.2, 0.25) is 0 Å².